The molecular formula is C28H28ClFN8O5. The van der Waals surface area contributed by atoms with E-state index in [9.17, 15) is 23.6 Å². The minimum absolute atomic E-state index is 0.0389. The molecule has 15 heteroatoms. The minimum atomic E-state index is -0.723. The molecule has 0 unspecified atom stereocenters. The summed E-state index contributed by atoms with van der Waals surface area (Å²) >= 11 is 5.83. The third-order valence-corrected chi connectivity index (χ3v) is 7.41. The van der Waals surface area contributed by atoms with Gasteiger partial charge < -0.3 is 24.8 Å². The lowest BCUT2D eigenvalue weighted by molar-refractivity contribution is -0.138. The largest absolute Gasteiger partial charge is 0.412 e. The van der Waals surface area contributed by atoms with Crippen molar-refractivity contribution in [1.82, 2.24) is 40.7 Å². The molecule has 1 atom stereocenters. The number of H-pyrrole nitrogens is 1. The van der Waals surface area contributed by atoms with Crippen molar-refractivity contribution in [3.05, 3.63) is 70.4 Å². The highest BCUT2D eigenvalue weighted by molar-refractivity contribution is 6.30. The summed E-state index contributed by atoms with van der Waals surface area (Å²) < 4.78 is 21.3. The average Bonchev–Trinajstić information content (AvgIpc) is 3.74. The molecule has 0 aliphatic carbocycles. The molecule has 4 aromatic rings. The molecule has 1 aliphatic rings. The van der Waals surface area contributed by atoms with Gasteiger partial charge in [-0.25, -0.2) is 9.18 Å². The predicted molar refractivity (Wildman–Crippen MR) is 152 cm³/mol. The average molecular weight is 611 g/mol. The third kappa shape index (κ3) is 6.80. The van der Waals surface area contributed by atoms with Gasteiger partial charge in [0.1, 0.15) is 24.2 Å². The summed E-state index contributed by atoms with van der Waals surface area (Å²) in [4.78, 5) is 52.6. The number of ketones is 1. The number of nitrogens with zero attached hydrogens (tertiary/aromatic N) is 5. The summed E-state index contributed by atoms with van der Waals surface area (Å²) in [5.74, 6) is -0.881. The molecule has 1 saturated heterocycles. The van der Waals surface area contributed by atoms with Gasteiger partial charge in [0.25, 0.3) is 0 Å². The first-order valence-electron chi connectivity index (χ1n) is 13.5. The monoisotopic (exact) mass is 610 g/mol. The molecule has 1 aliphatic heterocycles. The molecule has 224 valence electrons. The highest BCUT2D eigenvalue weighted by Crippen LogP contribution is 2.28. The number of hydrogen-bond acceptors (Lipinski definition) is 8. The smallest absolute Gasteiger partial charge is 0.410 e. The molecule has 2 aromatic heterocycles. The number of rotatable bonds is 10. The van der Waals surface area contributed by atoms with Crippen molar-refractivity contribution >= 4 is 46.2 Å². The number of hydrogen-bond donors (Lipinski definition) is 3. The Kier molecular flexibility index (Phi) is 8.95. The van der Waals surface area contributed by atoms with E-state index >= 15 is 0 Å². The molecule has 0 spiro atoms. The van der Waals surface area contributed by atoms with Crippen LogP contribution in [0.25, 0.3) is 10.9 Å². The number of carbonyl (C=O) groups excluding carboxylic acids is 4. The van der Waals surface area contributed by atoms with E-state index in [1.54, 1.807) is 35.0 Å². The second-order valence-electron chi connectivity index (χ2n) is 9.98. The zero-order chi connectivity index (χ0) is 30.5. The molecule has 0 saturated carbocycles. The van der Waals surface area contributed by atoms with Gasteiger partial charge in [-0.1, -0.05) is 28.9 Å². The molecule has 3 N–H and O–H groups in total. The summed E-state index contributed by atoms with van der Waals surface area (Å²) in [7, 11) is 0. The zero-order valence-corrected chi connectivity index (χ0v) is 23.9. The zero-order valence-electron chi connectivity index (χ0n) is 23.1. The minimum Gasteiger partial charge on any atom is -0.410 e. The molecule has 3 amide bonds. The van der Waals surface area contributed by atoms with Gasteiger partial charge in [0.05, 0.1) is 10.5 Å². The van der Waals surface area contributed by atoms with Crippen LogP contribution in [0.1, 0.15) is 41.5 Å². The number of tetrazole rings is 1. The van der Waals surface area contributed by atoms with E-state index < -0.39 is 23.9 Å². The first kappa shape index (κ1) is 29.6. The van der Waals surface area contributed by atoms with Crippen LogP contribution in [0.2, 0.25) is 5.02 Å². The summed E-state index contributed by atoms with van der Waals surface area (Å²) in [6.45, 7) is 1.79. The van der Waals surface area contributed by atoms with Gasteiger partial charge in [-0.05, 0) is 38.0 Å². The number of nitrogens with one attached hydrogen (secondary N) is 3. The highest BCUT2D eigenvalue weighted by atomic mass is 35.5. The number of amides is 3. The van der Waals surface area contributed by atoms with E-state index in [-0.39, 0.29) is 47.7 Å². The third-order valence-electron chi connectivity index (χ3n) is 7.12. The fraction of sp³-hybridized carbons (Fsp3) is 0.321. The Morgan fingerprint density at radius 3 is 2.79 bits per heavy atom. The van der Waals surface area contributed by atoms with Crippen molar-refractivity contribution in [2.24, 2.45) is 0 Å². The topological polar surface area (TPSA) is 164 Å². The van der Waals surface area contributed by atoms with Crippen LogP contribution in [0, 0.1) is 5.82 Å². The number of fused-ring (bicyclic) bond motifs is 1. The summed E-state index contributed by atoms with van der Waals surface area (Å²) in [6, 6.07) is 8.60. The van der Waals surface area contributed by atoms with Crippen LogP contribution < -0.4 is 15.4 Å². The summed E-state index contributed by atoms with van der Waals surface area (Å²) in [6.07, 6.45) is 2.31. The molecule has 13 nitrogen and oxygen atoms in total. The van der Waals surface area contributed by atoms with Crippen LogP contribution in [0.5, 0.6) is 5.75 Å². The van der Waals surface area contributed by atoms with Gasteiger partial charge in [-0.3, -0.25) is 14.4 Å². The lowest BCUT2D eigenvalue weighted by atomic mass is 10.1. The van der Waals surface area contributed by atoms with Gasteiger partial charge >= 0.3 is 6.09 Å². The summed E-state index contributed by atoms with van der Waals surface area (Å²) in [5, 5.41) is 19.3. The van der Waals surface area contributed by atoms with Crippen molar-refractivity contribution < 1.29 is 28.3 Å². The normalized spacial score (nSPS) is 14.6. The quantitative estimate of drug-likeness (QED) is 0.231. The van der Waals surface area contributed by atoms with Gasteiger partial charge in [-0.2, -0.15) is 5.21 Å². The predicted octanol–water partition coefficient (Wildman–Crippen LogP) is 2.79. The van der Waals surface area contributed by atoms with Gasteiger partial charge in [0.2, 0.25) is 11.8 Å². The standard InChI is InChI=1S/C28H28ClFN8O5/c1-16(39)20-14-37(23-12-18(7-8-19(20)23)43-28(42)31-10-9-24-33-35-36-34-24)15-25(40)38-11-3-6-22(38)27(41)32-13-17-4-2-5-21(29)26(17)30/h2,4-5,7-8,12,14,22H,3,6,9-11,13,15H2,1H3,(H,31,42)(H,32,41)(H,33,34,35,36)/t22-/m0/s1. The van der Waals surface area contributed by atoms with Crippen LogP contribution in [-0.4, -0.2) is 72.9 Å². The maximum atomic E-state index is 14.3. The Bertz CT molecular complexity index is 1680. The number of benzene rings is 2. The van der Waals surface area contributed by atoms with E-state index in [2.05, 4.69) is 31.3 Å². The van der Waals surface area contributed by atoms with E-state index in [0.717, 1.165) is 0 Å². The Balaban J connectivity index is 1.27. The van der Waals surface area contributed by atoms with Crippen LogP contribution >= 0.6 is 11.6 Å². The van der Waals surface area contributed by atoms with Gasteiger partial charge in [0.15, 0.2) is 11.6 Å². The molecule has 2 aromatic carbocycles. The lowest BCUT2D eigenvalue weighted by Gasteiger charge is -2.24. The van der Waals surface area contributed by atoms with E-state index in [1.165, 1.54) is 24.0 Å². The van der Waals surface area contributed by atoms with Crippen molar-refractivity contribution in [2.45, 2.75) is 45.3 Å². The van der Waals surface area contributed by atoms with Crippen LogP contribution in [0.3, 0.4) is 0 Å². The van der Waals surface area contributed by atoms with E-state index in [0.29, 0.717) is 48.1 Å². The number of Topliss-reactive ketones (excluding diaryl/α,β-unsaturated/α-hetero) is 1. The number of halogens is 2. The van der Waals surface area contributed by atoms with E-state index in [4.69, 9.17) is 16.3 Å². The molecule has 3 heterocycles. The van der Waals surface area contributed by atoms with Crippen molar-refractivity contribution in [2.75, 3.05) is 13.1 Å². The first-order valence-corrected chi connectivity index (χ1v) is 13.9. The Hall–Kier alpha value is -4.85. The fourth-order valence-electron chi connectivity index (χ4n) is 5.01. The SMILES string of the molecule is CC(=O)c1cn(CC(=O)N2CCC[C@H]2C(=O)NCc2cccc(Cl)c2F)c2cc(OC(=O)NCCc3nn[nH]n3)ccc12. The van der Waals surface area contributed by atoms with Crippen molar-refractivity contribution in [1.29, 1.82) is 0 Å². The van der Waals surface area contributed by atoms with Gasteiger partial charge in [0, 0.05) is 54.8 Å². The first-order chi connectivity index (χ1) is 20.7. The second kappa shape index (κ2) is 13.0. The van der Waals surface area contributed by atoms with Crippen LogP contribution in [-0.2, 0) is 29.1 Å². The van der Waals surface area contributed by atoms with Crippen molar-refractivity contribution in [3.8, 4) is 5.75 Å². The number of aromatic nitrogens is 5. The molecule has 0 bridgehead atoms. The lowest BCUT2D eigenvalue weighted by Crippen LogP contribution is -2.46. The summed E-state index contributed by atoms with van der Waals surface area (Å²) in [5.41, 5.74) is 1.15. The Morgan fingerprint density at radius 1 is 1.19 bits per heavy atom. The highest BCUT2D eigenvalue weighted by Gasteiger charge is 2.34. The molecule has 43 heavy (non-hydrogen) atoms. The molecule has 0 radical (unpaired) electrons. The maximum Gasteiger partial charge on any atom is 0.412 e. The number of carbonyl (C=O) groups is 4. The van der Waals surface area contributed by atoms with E-state index in [1.807, 2.05) is 0 Å². The Labute approximate surface area is 249 Å². The molecule has 5 rings (SSSR count). The molecule has 1 fully saturated rings. The second-order valence-corrected chi connectivity index (χ2v) is 10.4. The number of aromatic amines is 1. The fourth-order valence-corrected chi connectivity index (χ4v) is 5.21. The maximum absolute atomic E-state index is 14.3. The van der Waals surface area contributed by atoms with Crippen LogP contribution in [0.4, 0.5) is 9.18 Å². The Morgan fingerprint density at radius 2 is 2.02 bits per heavy atom. The van der Waals surface area contributed by atoms with Crippen LogP contribution in [0.15, 0.2) is 42.6 Å². The van der Waals surface area contributed by atoms with Gasteiger partial charge in [-0.15, -0.1) is 10.2 Å². The van der Waals surface area contributed by atoms with Crippen molar-refractivity contribution in [3.63, 3.8) is 0 Å². The number of ether oxygens (including phenoxy) is 1. The number of likely N-dealkylation sites (tertiary alicyclic amines) is 1. The molecular weight excluding hydrogens is 583 g/mol.